The number of hydrogen-bond acceptors (Lipinski definition) is 9. The minimum atomic E-state index is -0.971. The number of thioether (sulfide) groups is 1. The van der Waals surface area contributed by atoms with Gasteiger partial charge in [-0.05, 0) is 25.6 Å². The molecule has 1 amide bonds. The standard InChI is InChI=1S/C15H21NO8S/c1-5-21-13(18)10(16-12(17)8(2)3)7-25-15(20)22-6-11-9(4)23-14(19)24-11/h8,10H,5-7H2,1-4H3,(H,16,17)/t10-/m0/s1. The van der Waals surface area contributed by atoms with E-state index in [1.54, 1.807) is 20.8 Å². The van der Waals surface area contributed by atoms with Crippen molar-refractivity contribution in [1.82, 2.24) is 5.32 Å². The van der Waals surface area contributed by atoms with Gasteiger partial charge in [-0.15, -0.1) is 0 Å². The van der Waals surface area contributed by atoms with Crippen LogP contribution in [0.5, 0.6) is 0 Å². The van der Waals surface area contributed by atoms with E-state index in [1.807, 2.05) is 0 Å². The van der Waals surface area contributed by atoms with E-state index in [1.165, 1.54) is 6.92 Å². The first-order valence-electron chi connectivity index (χ1n) is 7.60. The van der Waals surface area contributed by atoms with Crippen LogP contribution in [0.25, 0.3) is 0 Å². The third-order valence-corrected chi connectivity index (χ3v) is 3.79. The Morgan fingerprint density at radius 3 is 2.40 bits per heavy atom. The molecule has 25 heavy (non-hydrogen) atoms. The van der Waals surface area contributed by atoms with Crippen LogP contribution >= 0.6 is 11.8 Å². The number of aryl methyl sites for hydroxylation is 1. The van der Waals surface area contributed by atoms with E-state index in [9.17, 15) is 19.2 Å². The summed E-state index contributed by atoms with van der Waals surface area (Å²) in [6, 6.07) is -0.971. The molecule has 0 bridgehead atoms. The summed E-state index contributed by atoms with van der Waals surface area (Å²) in [5, 5.41) is 1.83. The van der Waals surface area contributed by atoms with Crippen LogP contribution in [0.3, 0.4) is 0 Å². The minimum Gasteiger partial charge on any atom is -0.464 e. The van der Waals surface area contributed by atoms with Gasteiger partial charge in [0, 0.05) is 11.7 Å². The van der Waals surface area contributed by atoms with Crippen LogP contribution < -0.4 is 11.1 Å². The summed E-state index contributed by atoms with van der Waals surface area (Å²) in [6.45, 7) is 6.38. The average Bonchev–Trinajstić information content (AvgIpc) is 2.86. The first-order chi connectivity index (χ1) is 11.7. The molecule has 1 N–H and O–H groups in total. The molecule has 0 unspecified atom stereocenters. The van der Waals surface area contributed by atoms with Crippen LogP contribution in [-0.4, -0.2) is 35.6 Å². The molecule has 9 nitrogen and oxygen atoms in total. The fourth-order valence-electron chi connectivity index (χ4n) is 1.57. The number of rotatable bonds is 8. The van der Waals surface area contributed by atoms with E-state index < -0.39 is 23.1 Å². The Morgan fingerprint density at radius 1 is 1.20 bits per heavy atom. The lowest BCUT2D eigenvalue weighted by atomic mass is 10.2. The Bertz CT molecular complexity index is 663. The number of nitrogens with one attached hydrogen (secondary N) is 1. The number of esters is 1. The van der Waals surface area contributed by atoms with Crippen LogP contribution in [-0.2, 0) is 25.7 Å². The van der Waals surface area contributed by atoms with Gasteiger partial charge in [-0.25, -0.2) is 14.4 Å². The topological polar surface area (TPSA) is 125 Å². The molecule has 0 saturated heterocycles. The van der Waals surface area contributed by atoms with Gasteiger partial charge in [-0.2, -0.15) is 0 Å². The van der Waals surface area contributed by atoms with Crippen LogP contribution in [0.4, 0.5) is 4.79 Å². The average molecular weight is 375 g/mol. The van der Waals surface area contributed by atoms with Gasteiger partial charge >= 0.3 is 17.1 Å². The second-order valence-corrected chi connectivity index (χ2v) is 6.21. The minimum absolute atomic E-state index is 0.0511. The predicted octanol–water partition coefficient (Wildman–Crippen LogP) is 1.61. The Hall–Kier alpha value is -2.23. The van der Waals surface area contributed by atoms with Crippen LogP contribution in [0.1, 0.15) is 32.3 Å². The van der Waals surface area contributed by atoms with Crippen LogP contribution in [0, 0.1) is 12.8 Å². The maximum Gasteiger partial charge on any atom is 0.519 e. The van der Waals surface area contributed by atoms with Gasteiger partial charge in [-0.3, -0.25) is 4.79 Å². The molecule has 0 aliphatic heterocycles. The largest absolute Gasteiger partial charge is 0.519 e. The number of carbonyl (C=O) groups excluding carboxylic acids is 3. The highest BCUT2D eigenvalue weighted by Crippen LogP contribution is 2.13. The van der Waals surface area contributed by atoms with Gasteiger partial charge in [0.1, 0.15) is 6.04 Å². The molecule has 1 atom stereocenters. The second kappa shape index (κ2) is 9.92. The van der Waals surface area contributed by atoms with E-state index in [2.05, 4.69) is 9.73 Å². The molecular weight excluding hydrogens is 354 g/mol. The van der Waals surface area contributed by atoms with Crippen molar-refractivity contribution in [2.45, 2.75) is 40.3 Å². The first kappa shape index (κ1) is 20.8. The van der Waals surface area contributed by atoms with Crippen molar-refractivity contribution in [2.75, 3.05) is 12.4 Å². The molecule has 0 spiro atoms. The zero-order chi connectivity index (χ0) is 19.0. The van der Waals surface area contributed by atoms with E-state index in [0.29, 0.717) is 11.8 Å². The molecule has 10 heteroatoms. The molecule has 140 valence electrons. The number of carbonyl (C=O) groups is 3. The fourth-order valence-corrected chi connectivity index (χ4v) is 2.24. The summed E-state index contributed by atoms with van der Waals surface area (Å²) in [6.07, 6.45) is 0. The van der Waals surface area contributed by atoms with Crippen molar-refractivity contribution < 1.29 is 32.7 Å². The molecule has 0 fully saturated rings. The zero-order valence-electron chi connectivity index (χ0n) is 14.5. The molecule has 0 aliphatic carbocycles. The Labute approximate surface area is 148 Å². The van der Waals surface area contributed by atoms with Gasteiger partial charge in [0.05, 0.1) is 6.61 Å². The van der Waals surface area contributed by atoms with Crippen molar-refractivity contribution in [3.05, 3.63) is 22.1 Å². The fraction of sp³-hybridized carbons (Fsp3) is 0.600. The summed E-state index contributed by atoms with van der Waals surface area (Å²) >= 11 is 0.697. The monoisotopic (exact) mass is 375 g/mol. The van der Waals surface area contributed by atoms with E-state index in [4.69, 9.17) is 13.9 Å². The Balaban J connectivity index is 2.54. The summed E-state index contributed by atoms with van der Waals surface area (Å²) < 4.78 is 19.2. The molecule has 0 aliphatic rings. The number of hydrogen-bond donors (Lipinski definition) is 1. The number of ether oxygens (including phenoxy) is 2. The summed E-state index contributed by atoms with van der Waals surface area (Å²) in [5.74, 6) is -1.89. The van der Waals surface area contributed by atoms with Gasteiger partial charge < -0.3 is 23.6 Å². The van der Waals surface area contributed by atoms with E-state index in [-0.39, 0.29) is 42.3 Å². The van der Waals surface area contributed by atoms with Gasteiger partial charge in [0.2, 0.25) is 5.91 Å². The molecule has 1 heterocycles. The molecule has 0 radical (unpaired) electrons. The number of amides is 1. The van der Waals surface area contributed by atoms with Crippen molar-refractivity contribution in [1.29, 1.82) is 0 Å². The van der Waals surface area contributed by atoms with E-state index in [0.717, 1.165) is 0 Å². The summed E-state index contributed by atoms with van der Waals surface area (Å²) in [4.78, 5) is 46.3. The van der Waals surface area contributed by atoms with Gasteiger partial charge in [-0.1, -0.05) is 13.8 Å². The second-order valence-electron chi connectivity index (χ2n) is 5.25. The molecule has 0 saturated carbocycles. The van der Waals surface area contributed by atoms with E-state index >= 15 is 0 Å². The predicted molar refractivity (Wildman–Crippen MR) is 88.0 cm³/mol. The smallest absolute Gasteiger partial charge is 0.464 e. The molecule has 1 rings (SSSR count). The molecule has 1 aromatic heterocycles. The first-order valence-corrected chi connectivity index (χ1v) is 8.59. The summed E-state index contributed by atoms with van der Waals surface area (Å²) in [5.41, 5.74) is 0. The van der Waals surface area contributed by atoms with Crippen molar-refractivity contribution in [3.8, 4) is 0 Å². The highest BCUT2D eigenvalue weighted by molar-refractivity contribution is 8.13. The van der Waals surface area contributed by atoms with Crippen molar-refractivity contribution >= 4 is 28.9 Å². The highest BCUT2D eigenvalue weighted by Gasteiger charge is 2.25. The molecule has 1 aromatic rings. The summed E-state index contributed by atoms with van der Waals surface area (Å²) in [7, 11) is 0. The molecule has 0 aromatic carbocycles. The molecular formula is C15H21NO8S. The lowest BCUT2D eigenvalue weighted by molar-refractivity contribution is -0.147. The lowest BCUT2D eigenvalue weighted by Crippen LogP contribution is -2.45. The quantitative estimate of drug-likeness (QED) is 0.674. The Morgan fingerprint density at radius 2 is 1.88 bits per heavy atom. The van der Waals surface area contributed by atoms with Crippen molar-refractivity contribution in [2.24, 2.45) is 5.92 Å². The van der Waals surface area contributed by atoms with Gasteiger partial charge in [0.15, 0.2) is 18.1 Å². The van der Waals surface area contributed by atoms with Crippen LogP contribution in [0.15, 0.2) is 13.6 Å². The van der Waals surface area contributed by atoms with Crippen LogP contribution in [0.2, 0.25) is 0 Å². The van der Waals surface area contributed by atoms with Gasteiger partial charge in [0.25, 0.3) is 0 Å². The highest BCUT2D eigenvalue weighted by atomic mass is 32.2. The third kappa shape index (κ3) is 7.04. The maximum atomic E-state index is 11.9. The Kier molecular flexibility index (Phi) is 8.26. The van der Waals surface area contributed by atoms with Crippen molar-refractivity contribution in [3.63, 3.8) is 0 Å². The lowest BCUT2D eigenvalue weighted by Gasteiger charge is -2.17. The third-order valence-electron chi connectivity index (χ3n) is 2.94. The SMILES string of the molecule is CCOC(=O)[C@H](CSC(=O)OCc1oc(=O)oc1C)NC(=O)C(C)C. The maximum absolute atomic E-state index is 11.9. The zero-order valence-corrected chi connectivity index (χ0v) is 15.3. The normalized spacial score (nSPS) is 11.9.